The zero-order valence-corrected chi connectivity index (χ0v) is 75.3. The van der Waals surface area contributed by atoms with E-state index in [9.17, 15) is 0 Å². The lowest BCUT2D eigenvalue weighted by atomic mass is 9.33. The minimum atomic E-state index is -0.376. The molecule has 4 heterocycles. The first-order valence-electron chi connectivity index (χ1n) is 45.5. The van der Waals surface area contributed by atoms with Crippen molar-refractivity contribution in [3.8, 4) is 122 Å². The van der Waals surface area contributed by atoms with E-state index >= 15 is 0 Å². The molecule has 0 aliphatic carbocycles. The van der Waals surface area contributed by atoms with Gasteiger partial charge in [0.2, 0.25) is 0 Å². The Bertz CT molecular complexity index is 7550. The quantitative estimate of drug-likeness (QED) is 0.108. The summed E-state index contributed by atoms with van der Waals surface area (Å²) >= 11 is 0. The van der Waals surface area contributed by atoms with Crippen LogP contribution in [0.1, 0.15) is 105 Å². The Morgan fingerprint density at radius 2 is 0.457 bits per heavy atom. The van der Waals surface area contributed by atoms with E-state index in [-0.39, 0.29) is 28.4 Å². The molecule has 2 aromatic heterocycles. The first-order chi connectivity index (χ1) is 62.5. The molecule has 0 atom stereocenters. The average Bonchev–Trinajstić information content (AvgIpc) is 1.06. The van der Waals surface area contributed by atoms with Crippen LogP contribution < -0.4 is 26.2 Å². The predicted octanol–water partition coefficient (Wildman–Crippen LogP) is 33.1. The standard InChI is InChI=1S/C124H101BN2O2/c1-121(2,3)94-66-89(80-41-23-15-24-42-80)64-91(68-94)85-58-60-107-109(71-85)127(120-104(98-51-35-55-114-116(98)100-49-31-33-53-112(100)128-114)76-97(124(10,11)12)77-105(120)99-52-36-56-115-117(99)101-50-32-34-54-113(101)129-115)111-73-93(92-65-90(81-43-25-16-26-44-81)67-95(69-92)122(4,5)6)72-110-118(111)125(107)106-59-57-84(88-62-86(78-37-19-13-20-38-78)61-87(63-88)79-39-21-14-22-40-79)70-108(106)126(110)119-102(82-45-27-17-28-46-82)74-96(123(7,8)9)75-103(119)83-47-29-18-30-48-83/h13-77H,1-12H3. The molecule has 22 rings (SSSR count). The zero-order valence-electron chi connectivity index (χ0n) is 75.3. The van der Waals surface area contributed by atoms with Crippen LogP contribution in [-0.4, -0.2) is 6.71 Å². The molecule has 0 bridgehead atoms. The first kappa shape index (κ1) is 80.1. The number of benzene rings is 18. The van der Waals surface area contributed by atoms with Gasteiger partial charge in [0.05, 0.1) is 11.4 Å². The summed E-state index contributed by atoms with van der Waals surface area (Å²) in [5.74, 6) is 0. The minimum Gasteiger partial charge on any atom is -0.456 e. The molecule has 2 aliphatic rings. The van der Waals surface area contributed by atoms with Gasteiger partial charge in [0.25, 0.3) is 6.71 Å². The van der Waals surface area contributed by atoms with Crippen LogP contribution >= 0.6 is 0 Å². The van der Waals surface area contributed by atoms with Gasteiger partial charge in [0, 0.05) is 66.5 Å². The zero-order chi connectivity index (χ0) is 87.9. The normalized spacial score (nSPS) is 12.8. The van der Waals surface area contributed by atoms with Crippen molar-refractivity contribution in [2.24, 2.45) is 0 Å². The van der Waals surface area contributed by atoms with Crippen molar-refractivity contribution >= 4 is 101 Å². The second-order valence-corrected chi connectivity index (χ2v) is 39.6. The second-order valence-electron chi connectivity index (χ2n) is 39.6. The summed E-state index contributed by atoms with van der Waals surface area (Å²) in [6.45, 7) is 28.0. The lowest BCUT2D eigenvalue weighted by Gasteiger charge is -2.46. The summed E-state index contributed by atoms with van der Waals surface area (Å²) in [4.78, 5) is 5.52. The summed E-state index contributed by atoms with van der Waals surface area (Å²) in [6, 6.07) is 149. The van der Waals surface area contributed by atoms with Crippen LogP contribution in [0.3, 0.4) is 0 Å². The molecule has 0 fully saturated rings. The summed E-state index contributed by atoms with van der Waals surface area (Å²) < 4.78 is 14.2. The molecule has 0 saturated heterocycles. The molecule has 622 valence electrons. The minimum absolute atomic E-state index is 0.207. The van der Waals surface area contributed by atoms with Gasteiger partial charge in [-0.1, -0.05) is 374 Å². The summed E-state index contributed by atoms with van der Waals surface area (Å²) in [5, 5.41) is 4.22. The lowest BCUT2D eigenvalue weighted by Crippen LogP contribution is -2.61. The number of anilines is 6. The van der Waals surface area contributed by atoms with Crippen LogP contribution in [0.5, 0.6) is 0 Å². The van der Waals surface area contributed by atoms with E-state index < -0.39 is 0 Å². The van der Waals surface area contributed by atoms with Crippen LogP contribution in [0.4, 0.5) is 34.1 Å². The Hall–Kier alpha value is -14.8. The average molecular weight is 1660 g/mol. The molecule has 0 amide bonds. The van der Waals surface area contributed by atoms with Crippen LogP contribution in [0.25, 0.3) is 166 Å². The van der Waals surface area contributed by atoms with Gasteiger partial charge >= 0.3 is 0 Å². The molecule has 5 heteroatoms. The topological polar surface area (TPSA) is 32.8 Å². The van der Waals surface area contributed by atoms with Crippen LogP contribution in [0, 0.1) is 0 Å². The lowest BCUT2D eigenvalue weighted by molar-refractivity contribution is 0.590. The van der Waals surface area contributed by atoms with Crippen molar-refractivity contribution in [1.29, 1.82) is 0 Å². The van der Waals surface area contributed by atoms with Crippen LogP contribution in [0.15, 0.2) is 403 Å². The van der Waals surface area contributed by atoms with E-state index in [0.29, 0.717) is 0 Å². The fourth-order valence-electron chi connectivity index (χ4n) is 20.1. The molecular formula is C124H101BN2O2. The van der Waals surface area contributed by atoms with Gasteiger partial charge in [-0.2, -0.15) is 0 Å². The Kier molecular flexibility index (Phi) is 19.3. The van der Waals surface area contributed by atoms with Crippen molar-refractivity contribution in [2.75, 3.05) is 9.80 Å². The third-order valence-electron chi connectivity index (χ3n) is 27.0. The van der Waals surface area contributed by atoms with Gasteiger partial charge in [-0.25, -0.2) is 0 Å². The number of fused-ring (bicyclic) bond motifs is 10. The van der Waals surface area contributed by atoms with Crippen LogP contribution in [0.2, 0.25) is 0 Å². The fourth-order valence-corrected chi connectivity index (χ4v) is 20.1. The molecule has 129 heavy (non-hydrogen) atoms. The Morgan fingerprint density at radius 1 is 0.194 bits per heavy atom. The smallest absolute Gasteiger partial charge is 0.252 e. The molecule has 0 spiro atoms. The molecule has 0 saturated carbocycles. The van der Waals surface area contributed by atoms with E-state index in [4.69, 9.17) is 8.83 Å². The third kappa shape index (κ3) is 14.3. The largest absolute Gasteiger partial charge is 0.456 e. The second kappa shape index (κ2) is 31.1. The summed E-state index contributed by atoms with van der Waals surface area (Å²) in [7, 11) is 0. The van der Waals surface area contributed by atoms with Gasteiger partial charge in [0.15, 0.2) is 0 Å². The number of hydrogen-bond donors (Lipinski definition) is 0. The summed E-state index contributed by atoms with van der Waals surface area (Å²) in [6.07, 6.45) is 0. The van der Waals surface area contributed by atoms with Gasteiger partial charge in [-0.15, -0.1) is 0 Å². The van der Waals surface area contributed by atoms with Crippen molar-refractivity contribution < 1.29 is 8.83 Å². The maximum atomic E-state index is 7.10. The first-order valence-corrected chi connectivity index (χ1v) is 45.5. The number of nitrogens with zero attached hydrogens (tertiary/aromatic N) is 2. The number of rotatable bonds is 13. The molecule has 20 aromatic rings. The highest BCUT2D eigenvalue weighted by Crippen LogP contribution is 2.58. The van der Waals surface area contributed by atoms with E-state index in [2.05, 4.69) is 487 Å². The monoisotopic (exact) mass is 1660 g/mol. The van der Waals surface area contributed by atoms with Gasteiger partial charge in [-0.3, -0.25) is 0 Å². The number of para-hydroxylation sites is 2. The van der Waals surface area contributed by atoms with Gasteiger partial charge < -0.3 is 18.6 Å². The van der Waals surface area contributed by atoms with Crippen molar-refractivity contribution in [2.45, 2.75) is 105 Å². The predicted molar refractivity (Wildman–Crippen MR) is 550 cm³/mol. The molecular weight excluding hydrogens is 1560 g/mol. The van der Waals surface area contributed by atoms with Crippen LogP contribution in [-0.2, 0) is 21.7 Å². The highest BCUT2D eigenvalue weighted by Gasteiger charge is 2.47. The molecule has 4 nitrogen and oxygen atoms in total. The fraction of sp³-hybridized carbons (Fsp3) is 0.129. The Morgan fingerprint density at radius 3 is 0.814 bits per heavy atom. The molecule has 18 aromatic carbocycles. The molecule has 0 unspecified atom stereocenters. The van der Waals surface area contributed by atoms with E-state index in [1.54, 1.807) is 0 Å². The maximum Gasteiger partial charge on any atom is 0.252 e. The highest BCUT2D eigenvalue weighted by molar-refractivity contribution is 7.00. The SMILES string of the molecule is CC(C)(C)c1cc(-c2ccccc2)cc(-c2ccc3c(c2)N(c2c(-c4cccc5oc6ccccc6c45)cc(C(C)(C)C)cc2-c2cccc4oc5ccccc5c24)c2cc(-c4cc(-c5ccccc5)cc(C(C)(C)C)c4)cc4c2B3c2ccc(-c3cc(-c5ccccc5)cc(-c5ccccc5)c3)cc2N4c2c(-c3ccccc3)cc(C(C)(C)C)cc2-c2ccccc2)c1. The Balaban J connectivity index is 0.961. The van der Waals surface area contributed by atoms with Gasteiger partial charge in [-0.05, 0) is 264 Å². The summed E-state index contributed by atoms with van der Waals surface area (Å²) in [5.41, 5.74) is 41.7. The van der Waals surface area contributed by atoms with Gasteiger partial charge in [0.1, 0.15) is 22.3 Å². The van der Waals surface area contributed by atoms with Crippen molar-refractivity contribution in [3.05, 3.63) is 417 Å². The number of hydrogen-bond acceptors (Lipinski definition) is 4. The highest BCUT2D eigenvalue weighted by atomic mass is 16.3. The molecule has 0 radical (unpaired) electrons. The Labute approximate surface area is 758 Å². The van der Waals surface area contributed by atoms with E-state index in [1.807, 2.05) is 0 Å². The van der Waals surface area contributed by atoms with E-state index in [1.165, 1.54) is 49.8 Å². The van der Waals surface area contributed by atoms with Crippen molar-refractivity contribution in [3.63, 3.8) is 0 Å². The van der Waals surface area contributed by atoms with E-state index in [0.717, 1.165) is 189 Å². The number of furan rings is 2. The molecule has 2 aliphatic heterocycles. The maximum absolute atomic E-state index is 7.10. The molecule has 0 N–H and O–H groups in total. The third-order valence-corrected chi connectivity index (χ3v) is 27.0. The van der Waals surface area contributed by atoms with Crippen molar-refractivity contribution in [1.82, 2.24) is 0 Å².